The summed E-state index contributed by atoms with van der Waals surface area (Å²) < 4.78 is 73.5. The number of likely N-dealkylation sites (tertiary alicyclic amines) is 1. The third-order valence-corrected chi connectivity index (χ3v) is 5.26. The SMILES string of the molecule is CCNC1=C(N2CCCC2=O)c2c(ccc(C(F)(F)C(F)(F)F)c2C)OC1(C)C. The van der Waals surface area contributed by atoms with Crippen LogP contribution in [-0.4, -0.2) is 35.7 Å². The molecule has 1 aromatic rings. The number of likely N-dealkylation sites (N-methyl/N-ethyl adjacent to an activating group) is 1. The van der Waals surface area contributed by atoms with Gasteiger partial charge in [0.15, 0.2) is 0 Å². The van der Waals surface area contributed by atoms with Crippen molar-refractivity contribution in [3.05, 3.63) is 34.5 Å². The van der Waals surface area contributed by atoms with E-state index in [2.05, 4.69) is 5.32 Å². The highest BCUT2D eigenvalue weighted by molar-refractivity contribution is 5.92. The molecular formula is C20H23F5N2O2. The van der Waals surface area contributed by atoms with Crippen molar-refractivity contribution in [2.45, 2.75) is 58.2 Å². The number of benzene rings is 1. The van der Waals surface area contributed by atoms with E-state index < -0.39 is 23.3 Å². The first-order valence-corrected chi connectivity index (χ1v) is 9.40. The summed E-state index contributed by atoms with van der Waals surface area (Å²) in [6.45, 7) is 7.35. The van der Waals surface area contributed by atoms with Crippen molar-refractivity contribution in [2.75, 3.05) is 13.1 Å². The Morgan fingerprint density at radius 1 is 1.21 bits per heavy atom. The van der Waals surface area contributed by atoms with Crippen molar-refractivity contribution >= 4 is 11.6 Å². The molecule has 4 nitrogen and oxygen atoms in total. The number of rotatable bonds is 4. The van der Waals surface area contributed by atoms with Crippen LogP contribution in [0.15, 0.2) is 17.8 Å². The normalized spacial score (nSPS) is 19.3. The second kappa shape index (κ2) is 6.88. The fourth-order valence-corrected chi connectivity index (χ4v) is 3.92. The van der Waals surface area contributed by atoms with Crippen LogP contribution in [0.1, 0.15) is 50.3 Å². The first-order chi connectivity index (χ1) is 13.3. The lowest BCUT2D eigenvalue weighted by Crippen LogP contribution is -2.45. The van der Waals surface area contributed by atoms with Gasteiger partial charge in [-0.2, -0.15) is 22.0 Å². The maximum Gasteiger partial charge on any atom is 0.458 e. The number of ether oxygens (including phenoxy) is 1. The number of carbonyl (C=O) groups excluding carboxylic acids is 1. The number of amides is 1. The van der Waals surface area contributed by atoms with Crippen molar-refractivity contribution in [1.29, 1.82) is 0 Å². The number of hydrogen-bond donors (Lipinski definition) is 1. The van der Waals surface area contributed by atoms with E-state index in [4.69, 9.17) is 4.74 Å². The Labute approximate surface area is 165 Å². The molecule has 1 fully saturated rings. The van der Waals surface area contributed by atoms with Gasteiger partial charge in [-0.1, -0.05) is 0 Å². The quantitative estimate of drug-likeness (QED) is 0.720. The molecule has 1 saturated heterocycles. The lowest BCUT2D eigenvalue weighted by molar-refractivity contribution is -0.289. The van der Waals surface area contributed by atoms with Gasteiger partial charge in [-0.15, -0.1) is 0 Å². The minimum absolute atomic E-state index is 0.0944. The summed E-state index contributed by atoms with van der Waals surface area (Å²) in [5.41, 5.74) is -1.44. The Hall–Kier alpha value is -2.32. The minimum atomic E-state index is -5.74. The number of nitrogens with zero attached hydrogens (tertiary/aromatic N) is 1. The third kappa shape index (κ3) is 3.34. The minimum Gasteiger partial charge on any atom is -0.481 e. The van der Waals surface area contributed by atoms with Crippen LogP contribution in [0, 0.1) is 6.92 Å². The first kappa shape index (κ1) is 21.4. The van der Waals surface area contributed by atoms with Crippen molar-refractivity contribution in [2.24, 2.45) is 0 Å². The topological polar surface area (TPSA) is 41.6 Å². The van der Waals surface area contributed by atoms with E-state index >= 15 is 0 Å². The Balaban J connectivity index is 2.33. The molecule has 160 valence electrons. The van der Waals surface area contributed by atoms with Gasteiger partial charge in [-0.05, 0) is 51.8 Å². The van der Waals surface area contributed by atoms with E-state index in [-0.39, 0.29) is 29.2 Å². The lowest BCUT2D eigenvalue weighted by Gasteiger charge is -2.40. The maximum atomic E-state index is 14.2. The summed E-state index contributed by atoms with van der Waals surface area (Å²) >= 11 is 0. The standard InChI is InChI=1S/C20H23F5N2O2/c1-5-26-17-16(27-10-6-7-14(27)28)15-11(2)12(19(21,22)20(23,24)25)8-9-13(15)29-18(17,3)4/h8-9,26H,5-7,10H2,1-4H3. The van der Waals surface area contributed by atoms with Gasteiger partial charge >= 0.3 is 12.1 Å². The highest BCUT2D eigenvalue weighted by Crippen LogP contribution is 2.50. The Morgan fingerprint density at radius 3 is 2.38 bits per heavy atom. The number of fused-ring (bicyclic) bond motifs is 1. The largest absolute Gasteiger partial charge is 0.481 e. The number of nitrogens with one attached hydrogen (secondary N) is 1. The highest BCUT2D eigenvalue weighted by atomic mass is 19.4. The van der Waals surface area contributed by atoms with Gasteiger partial charge in [-0.25, -0.2) is 0 Å². The average Bonchev–Trinajstić information content (AvgIpc) is 3.00. The van der Waals surface area contributed by atoms with Crippen molar-refractivity contribution < 1.29 is 31.5 Å². The van der Waals surface area contributed by atoms with Crippen molar-refractivity contribution in [3.8, 4) is 5.75 Å². The van der Waals surface area contributed by atoms with E-state index in [0.29, 0.717) is 30.9 Å². The summed E-state index contributed by atoms with van der Waals surface area (Å²) in [4.78, 5) is 14.0. The first-order valence-electron chi connectivity index (χ1n) is 9.40. The van der Waals surface area contributed by atoms with Crippen molar-refractivity contribution in [3.63, 3.8) is 0 Å². The maximum absolute atomic E-state index is 14.2. The summed E-state index contributed by atoms with van der Waals surface area (Å²) in [7, 11) is 0. The number of halogens is 5. The molecule has 2 aliphatic heterocycles. The fraction of sp³-hybridized carbons (Fsp3) is 0.550. The molecule has 9 heteroatoms. The lowest BCUT2D eigenvalue weighted by atomic mass is 9.88. The van der Waals surface area contributed by atoms with Crippen LogP contribution in [0.5, 0.6) is 5.75 Å². The van der Waals surface area contributed by atoms with Crippen LogP contribution in [0.25, 0.3) is 5.70 Å². The van der Waals surface area contributed by atoms with Crippen LogP contribution in [-0.2, 0) is 10.7 Å². The smallest absolute Gasteiger partial charge is 0.458 e. The van der Waals surface area contributed by atoms with Crippen LogP contribution < -0.4 is 10.1 Å². The predicted molar refractivity (Wildman–Crippen MR) is 97.4 cm³/mol. The molecule has 1 aromatic carbocycles. The molecule has 2 heterocycles. The van der Waals surface area contributed by atoms with E-state index in [0.717, 1.165) is 12.1 Å². The van der Waals surface area contributed by atoms with Crippen LogP contribution in [0.2, 0.25) is 0 Å². The molecule has 0 spiro atoms. The van der Waals surface area contributed by atoms with Gasteiger partial charge in [-0.3, -0.25) is 4.79 Å². The molecule has 0 bridgehead atoms. The monoisotopic (exact) mass is 418 g/mol. The van der Waals surface area contributed by atoms with Crippen LogP contribution in [0.3, 0.4) is 0 Å². The Bertz CT molecular complexity index is 874. The molecule has 0 radical (unpaired) electrons. The second-order valence-corrected chi connectivity index (χ2v) is 7.70. The van der Waals surface area contributed by atoms with Gasteiger partial charge in [0.05, 0.1) is 11.4 Å². The zero-order chi connectivity index (χ0) is 21.8. The Morgan fingerprint density at radius 2 is 1.86 bits per heavy atom. The van der Waals surface area contributed by atoms with Gasteiger partial charge in [0, 0.05) is 30.6 Å². The molecule has 29 heavy (non-hydrogen) atoms. The second-order valence-electron chi connectivity index (χ2n) is 7.70. The van der Waals surface area contributed by atoms with E-state index in [1.165, 1.54) is 11.8 Å². The number of hydrogen-bond acceptors (Lipinski definition) is 3. The molecule has 1 N–H and O–H groups in total. The van der Waals surface area contributed by atoms with Crippen molar-refractivity contribution in [1.82, 2.24) is 10.2 Å². The molecule has 0 aliphatic carbocycles. The highest BCUT2D eigenvalue weighted by Gasteiger charge is 2.59. The summed E-state index contributed by atoms with van der Waals surface area (Å²) in [5, 5.41) is 3.13. The summed E-state index contributed by atoms with van der Waals surface area (Å²) in [5.74, 6) is -5.06. The van der Waals surface area contributed by atoms with Gasteiger partial charge in [0.2, 0.25) is 5.91 Å². The van der Waals surface area contributed by atoms with Crippen LogP contribution >= 0.6 is 0 Å². The molecule has 0 atom stereocenters. The fourth-order valence-electron chi connectivity index (χ4n) is 3.92. The van der Waals surface area contributed by atoms with E-state index in [1.807, 2.05) is 6.92 Å². The Kier molecular flexibility index (Phi) is 5.07. The van der Waals surface area contributed by atoms with Gasteiger partial charge < -0.3 is 15.0 Å². The molecule has 0 unspecified atom stereocenters. The van der Waals surface area contributed by atoms with Gasteiger partial charge in [0.25, 0.3) is 0 Å². The zero-order valence-corrected chi connectivity index (χ0v) is 16.6. The summed E-state index contributed by atoms with van der Waals surface area (Å²) in [6.07, 6.45) is -4.87. The van der Waals surface area contributed by atoms with E-state index in [1.54, 1.807) is 13.8 Å². The molecule has 1 amide bonds. The molecule has 3 rings (SSSR count). The molecule has 0 aromatic heterocycles. The molecule has 0 saturated carbocycles. The van der Waals surface area contributed by atoms with Gasteiger partial charge in [0.1, 0.15) is 11.4 Å². The number of carbonyl (C=O) groups is 1. The van der Waals surface area contributed by atoms with Crippen LogP contribution in [0.4, 0.5) is 22.0 Å². The number of alkyl halides is 5. The molecular weight excluding hydrogens is 395 g/mol. The zero-order valence-electron chi connectivity index (χ0n) is 16.6. The third-order valence-electron chi connectivity index (χ3n) is 5.26. The predicted octanol–water partition coefficient (Wildman–Crippen LogP) is 4.72. The average molecular weight is 418 g/mol. The summed E-state index contributed by atoms with van der Waals surface area (Å²) in [6, 6.07) is 1.88. The molecule has 2 aliphatic rings. The van der Waals surface area contributed by atoms with E-state index in [9.17, 15) is 26.7 Å².